The molecule has 5 rings (SSSR count). The normalized spacial score (nSPS) is 13.4. The van der Waals surface area contributed by atoms with Crippen LogP contribution in [0.4, 0.5) is 5.69 Å². The maximum atomic E-state index is 13.4. The molecule has 1 aliphatic rings. The zero-order chi connectivity index (χ0) is 22.2. The Kier molecular flexibility index (Phi) is 5.27. The van der Waals surface area contributed by atoms with Crippen LogP contribution < -0.4 is 10.9 Å². The second-order valence-corrected chi connectivity index (χ2v) is 8.46. The molecule has 32 heavy (non-hydrogen) atoms. The molecular formula is C24H22ClN5O2. The second-order valence-electron chi connectivity index (χ2n) is 8.02. The van der Waals surface area contributed by atoms with Crippen LogP contribution in [0.3, 0.4) is 0 Å². The van der Waals surface area contributed by atoms with E-state index in [0.717, 1.165) is 30.3 Å². The minimum absolute atomic E-state index is 0.176. The lowest BCUT2D eigenvalue weighted by atomic mass is 10.1. The molecule has 0 spiro atoms. The predicted octanol–water partition coefficient (Wildman–Crippen LogP) is 4.31. The summed E-state index contributed by atoms with van der Waals surface area (Å²) in [6.07, 6.45) is 4.63. The van der Waals surface area contributed by atoms with Crippen molar-refractivity contribution in [3.63, 3.8) is 0 Å². The lowest BCUT2D eigenvalue weighted by molar-refractivity contribution is -0.117. The van der Waals surface area contributed by atoms with Gasteiger partial charge in [0.2, 0.25) is 5.91 Å². The quantitative estimate of drug-likeness (QED) is 0.477. The fourth-order valence-corrected chi connectivity index (χ4v) is 4.01. The van der Waals surface area contributed by atoms with Crippen molar-refractivity contribution in [2.75, 3.05) is 5.32 Å². The van der Waals surface area contributed by atoms with Gasteiger partial charge in [0.15, 0.2) is 0 Å². The van der Waals surface area contributed by atoms with Gasteiger partial charge in [0, 0.05) is 22.0 Å². The van der Waals surface area contributed by atoms with Crippen LogP contribution in [0.1, 0.15) is 36.9 Å². The van der Waals surface area contributed by atoms with Crippen molar-refractivity contribution >= 4 is 34.1 Å². The number of aryl methyl sites for hydroxylation is 1. The second kappa shape index (κ2) is 8.24. The van der Waals surface area contributed by atoms with Gasteiger partial charge in [-0.05, 0) is 55.2 Å². The molecule has 1 aliphatic carbocycles. The molecule has 4 aromatic rings. The van der Waals surface area contributed by atoms with Crippen LogP contribution in [0.25, 0.3) is 16.6 Å². The van der Waals surface area contributed by atoms with E-state index in [1.165, 1.54) is 10.2 Å². The van der Waals surface area contributed by atoms with E-state index in [1.54, 1.807) is 23.0 Å². The fourth-order valence-electron chi connectivity index (χ4n) is 3.82. The summed E-state index contributed by atoms with van der Waals surface area (Å²) in [5.74, 6) is -0.0234. The van der Waals surface area contributed by atoms with Crippen molar-refractivity contribution in [1.82, 2.24) is 19.6 Å². The highest BCUT2D eigenvalue weighted by Gasteiger charge is 2.30. The molecule has 1 fully saturated rings. The number of carbonyl (C=O) groups excluding carboxylic acids is 1. The molecule has 1 amide bonds. The first kappa shape index (κ1) is 20.5. The Labute approximate surface area is 189 Å². The molecule has 162 valence electrons. The van der Waals surface area contributed by atoms with Gasteiger partial charge in [-0.15, -0.1) is 0 Å². The number of nitrogens with zero attached hydrogens (tertiary/aromatic N) is 4. The van der Waals surface area contributed by atoms with Gasteiger partial charge < -0.3 is 5.32 Å². The number of halogens is 1. The number of aromatic nitrogens is 4. The summed E-state index contributed by atoms with van der Waals surface area (Å²) in [7, 11) is 0. The van der Waals surface area contributed by atoms with E-state index in [-0.39, 0.29) is 23.9 Å². The van der Waals surface area contributed by atoms with E-state index in [1.807, 2.05) is 36.4 Å². The average Bonchev–Trinajstić information content (AvgIpc) is 3.53. The summed E-state index contributed by atoms with van der Waals surface area (Å²) >= 11 is 6.15. The number of carbonyl (C=O) groups is 1. The Morgan fingerprint density at radius 2 is 1.97 bits per heavy atom. The molecule has 2 heterocycles. The summed E-state index contributed by atoms with van der Waals surface area (Å²) in [6.45, 7) is 1.90. The molecule has 0 atom stereocenters. The number of hydrogen-bond donors (Lipinski definition) is 1. The summed E-state index contributed by atoms with van der Waals surface area (Å²) in [6, 6.07) is 14.8. The summed E-state index contributed by atoms with van der Waals surface area (Å²) in [5.41, 5.74) is 3.42. The summed E-state index contributed by atoms with van der Waals surface area (Å²) < 4.78 is 2.82. The van der Waals surface area contributed by atoms with E-state index >= 15 is 0 Å². The van der Waals surface area contributed by atoms with E-state index in [4.69, 9.17) is 11.6 Å². The van der Waals surface area contributed by atoms with Gasteiger partial charge in [-0.2, -0.15) is 10.2 Å². The maximum Gasteiger partial charge on any atom is 0.293 e. The number of rotatable bonds is 6. The molecule has 8 heteroatoms. The standard InChI is InChI=1S/C24H22ClN5O2/c1-2-15-6-10-18(11-7-15)27-21(31)14-29-24(32)23-20(22(28-29)16-8-9-16)13-26-30(23)19-5-3-4-17(25)12-19/h3-7,10-13,16H,2,8-9,14H2,1H3,(H,27,31). The van der Waals surface area contributed by atoms with Crippen LogP contribution in [-0.4, -0.2) is 25.5 Å². The van der Waals surface area contributed by atoms with Gasteiger partial charge in [-0.3, -0.25) is 9.59 Å². The molecule has 0 saturated heterocycles. The third-order valence-electron chi connectivity index (χ3n) is 5.67. The molecule has 7 nitrogen and oxygen atoms in total. The Bertz CT molecular complexity index is 1370. The van der Waals surface area contributed by atoms with Crippen molar-refractivity contribution in [2.24, 2.45) is 0 Å². The van der Waals surface area contributed by atoms with Crippen molar-refractivity contribution < 1.29 is 4.79 Å². The number of nitrogens with one attached hydrogen (secondary N) is 1. The van der Waals surface area contributed by atoms with E-state index in [0.29, 0.717) is 21.9 Å². The Morgan fingerprint density at radius 3 is 2.66 bits per heavy atom. The summed E-state index contributed by atoms with van der Waals surface area (Å²) in [5, 5.41) is 13.1. The summed E-state index contributed by atoms with van der Waals surface area (Å²) in [4.78, 5) is 26.1. The zero-order valence-corrected chi connectivity index (χ0v) is 18.3. The van der Waals surface area contributed by atoms with Crippen molar-refractivity contribution in [3.8, 4) is 5.69 Å². The number of amides is 1. The van der Waals surface area contributed by atoms with Crippen LogP contribution in [0.5, 0.6) is 0 Å². The monoisotopic (exact) mass is 447 g/mol. The number of benzene rings is 2. The minimum Gasteiger partial charge on any atom is -0.324 e. The van der Waals surface area contributed by atoms with Crippen LogP contribution >= 0.6 is 11.6 Å². The molecule has 1 saturated carbocycles. The Hall–Kier alpha value is -3.45. The van der Waals surface area contributed by atoms with Crippen molar-refractivity contribution in [2.45, 2.75) is 38.6 Å². The van der Waals surface area contributed by atoms with Crippen molar-refractivity contribution in [1.29, 1.82) is 0 Å². The topological polar surface area (TPSA) is 81.8 Å². The van der Waals surface area contributed by atoms with E-state index < -0.39 is 0 Å². The van der Waals surface area contributed by atoms with Crippen LogP contribution in [0, 0.1) is 0 Å². The van der Waals surface area contributed by atoms with Crippen molar-refractivity contribution in [3.05, 3.63) is 81.4 Å². The highest BCUT2D eigenvalue weighted by Crippen LogP contribution is 2.41. The average molecular weight is 448 g/mol. The van der Waals surface area contributed by atoms with E-state index in [2.05, 4.69) is 22.4 Å². The number of hydrogen-bond acceptors (Lipinski definition) is 4. The van der Waals surface area contributed by atoms with E-state index in [9.17, 15) is 9.59 Å². The molecule has 2 aromatic carbocycles. The number of anilines is 1. The van der Waals surface area contributed by atoms with Gasteiger partial charge in [0.1, 0.15) is 12.1 Å². The third-order valence-corrected chi connectivity index (χ3v) is 5.90. The first-order valence-corrected chi connectivity index (χ1v) is 11.0. The Balaban J connectivity index is 1.52. The number of fused-ring (bicyclic) bond motifs is 1. The largest absolute Gasteiger partial charge is 0.324 e. The molecule has 1 N–H and O–H groups in total. The molecule has 0 aliphatic heterocycles. The minimum atomic E-state index is -0.363. The fraction of sp³-hybridized carbons (Fsp3) is 0.250. The first-order valence-electron chi connectivity index (χ1n) is 10.7. The molecule has 0 radical (unpaired) electrons. The van der Waals surface area contributed by atoms with Crippen LogP contribution in [0.2, 0.25) is 5.02 Å². The first-order chi connectivity index (χ1) is 15.5. The van der Waals surface area contributed by atoms with Gasteiger partial charge in [0.25, 0.3) is 5.56 Å². The molecule has 0 bridgehead atoms. The van der Waals surface area contributed by atoms with Crippen LogP contribution in [-0.2, 0) is 17.8 Å². The van der Waals surface area contributed by atoms with Gasteiger partial charge in [-0.25, -0.2) is 9.36 Å². The smallest absolute Gasteiger partial charge is 0.293 e. The molecular weight excluding hydrogens is 426 g/mol. The molecule has 0 unspecified atom stereocenters. The third kappa shape index (κ3) is 3.91. The maximum absolute atomic E-state index is 13.4. The van der Waals surface area contributed by atoms with Gasteiger partial charge in [0.05, 0.1) is 17.6 Å². The Morgan fingerprint density at radius 1 is 1.19 bits per heavy atom. The van der Waals surface area contributed by atoms with Gasteiger partial charge >= 0.3 is 0 Å². The van der Waals surface area contributed by atoms with Gasteiger partial charge in [-0.1, -0.05) is 36.7 Å². The highest BCUT2D eigenvalue weighted by molar-refractivity contribution is 6.30. The zero-order valence-electron chi connectivity index (χ0n) is 17.6. The lowest BCUT2D eigenvalue weighted by Crippen LogP contribution is -2.31. The SMILES string of the molecule is CCc1ccc(NC(=O)Cn2nc(C3CC3)c3cnn(-c4cccc(Cl)c4)c3c2=O)cc1. The highest BCUT2D eigenvalue weighted by atomic mass is 35.5. The van der Waals surface area contributed by atoms with Crippen LogP contribution in [0.15, 0.2) is 59.5 Å². The predicted molar refractivity (Wildman–Crippen MR) is 125 cm³/mol. The lowest BCUT2D eigenvalue weighted by Gasteiger charge is -2.11. The molecule has 2 aromatic heterocycles.